The van der Waals surface area contributed by atoms with Gasteiger partial charge in [0.05, 0.1) is 5.56 Å². The monoisotopic (exact) mass is 333 g/mol. The van der Waals surface area contributed by atoms with Crippen LogP contribution in [0.2, 0.25) is 0 Å². The number of unbranched alkanes of at least 4 members (excludes halogenated alkanes) is 7. The molecule has 24 heavy (non-hydrogen) atoms. The summed E-state index contributed by atoms with van der Waals surface area (Å²) in [4.78, 5) is 23.5. The maximum absolute atomic E-state index is 11.8. The van der Waals surface area contributed by atoms with Crippen molar-refractivity contribution in [2.75, 3.05) is 0 Å². The topological polar surface area (TPSA) is 55.4 Å². The predicted molar refractivity (Wildman–Crippen MR) is 97.1 cm³/mol. The molecule has 1 N–H and O–H groups in total. The molecule has 0 aromatic heterocycles. The van der Waals surface area contributed by atoms with Gasteiger partial charge >= 0.3 is 12.1 Å². The first-order chi connectivity index (χ1) is 11.6. The zero-order valence-electron chi connectivity index (χ0n) is 15.1. The number of ether oxygens (including phenoxy) is 1. The molecule has 0 aliphatic heterocycles. The third-order valence-corrected chi connectivity index (χ3v) is 4.05. The number of carbonyl (C=O) groups excluding carboxylic acids is 2. The summed E-state index contributed by atoms with van der Waals surface area (Å²) in [5.74, 6) is -0.618. The van der Waals surface area contributed by atoms with E-state index in [0.29, 0.717) is 5.56 Å². The quantitative estimate of drug-likeness (QED) is 0.332. The molecule has 1 aromatic rings. The zero-order valence-corrected chi connectivity index (χ0v) is 15.1. The number of esters is 1. The molecule has 4 nitrogen and oxygen atoms in total. The summed E-state index contributed by atoms with van der Waals surface area (Å²) in [6.45, 7) is 4.17. The molecule has 0 fully saturated rings. The molecular formula is C20H31NO3. The molecule has 0 saturated heterocycles. The third-order valence-electron chi connectivity index (χ3n) is 4.05. The number of nitrogens with one attached hydrogen (secondary N) is 1. The summed E-state index contributed by atoms with van der Waals surface area (Å²) in [5.41, 5.74) is 0.378. The molecule has 0 saturated carbocycles. The van der Waals surface area contributed by atoms with Gasteiger partial charge in [-0.3, -0.25) is 0 Å². The Morgan fingerprint density at radius 3 is 2.17 bits per heavy atom. The summed E-state index contributed by atoms with van der Waals surface area (Å²) >= 11 is 0. The Bertz CT molecular complexity index is 473. The Morgan fingerprint density at radius 2 is 1.54 bits per heavy atom. The first kappa shape index (κ1) is 20.2. The second-order valence-corrected chi connectivity index (χ2v) is 6.35. The van der Waals surface area contributed by atoms with Crippen LogP contribution in [-0.2, 0) is 4.74 Å². The van der Waals surface area contributed by atoms with E-state index in [2.05, 4.69) is 12.2 Å². The van der Waals surface area contributed by atoms with Crippen LogP contribution in [-0.4, -0.2) is 18.1 Å². The lowest BCUT2D eigenvalue weighted by Gasteiger charge is -2.13. The van der Waals surface area contributed by atoms with Crippen LogP contribution in [0.3, 0.4) is 0 Å². The van der Waals surface area contributed by atoms with Gasteiger partial charge in [0, 0.05) is 6.04 Å². The summed E-state index contributed by atoms with van der Waals surface area (Å²) in [6, 6.07) is 8.54. The minimum atomic E-state index is -0.670. The van der Waals surface area contributed by atoms with Crippen molar-refractivity contribution < 1.29 is 14.3 Å². The Morgan fingerprint density at radius 1 is 0.958 bits per heavy atom. The van der Waals surface area contributed by atoms with Gasteiger partial charge in [0.15, 0.2) is 0 Å². The first-order valence-electron chi connectivity index (χ1n) is 9.21. The fraction of sp³-hybridized carbons (Fsp3) is 0.600. The second kappa shape index (κ2) is 12.6. The zero-order chi connectivity index (χ0) is 17.6. The molecule has 0 aliphatic rings. The van der Waals surface area contributed by atoms with Gasteiger partial charge in [-0.15, -0.1) is 0 Å². The number of alkyl carbamates (subject to hydrolysis) is 1. The molecule has 0 aliphatic carbocycles. The molecule has 1 rings (SSSR count). The van der Waals surface area contributed by atoms with E-state index in [1.165, 1.54) is 44.9 Å². The molecule has 1 atom stereocenters. The lowest BCUT2D eigenvalue weighted by molar-refractivity contribution is 0.0617. The van der Waals surface area contributed by atoms with E-state index in [0.717, 1.165) is 12.8 Å². The fourth-order valence-corrected chi connectivity index (χ4v) is 2.60. The van der Waals surface area contributed by atoms with Crippen LogP contribution in [0, 0.1) is 0 Å². The molecule has 0 spiro atoms. The number of hydrogen-bond donors (Lipinski definition) is 1. The molecular weight excluding hydrogens is 302 g/mol. The Balaban J connectivity index is 2.08. The second-order valence-electron chi connectivity index (χ2n) is 6.35. The summed E-state index contributed by atoms with van der Waals surface area (Å²) in [6.07, 6.45) is 10.4. The third kappa shape index (κ3) is 9.33. The van der Waals surface area contributed by atoms with Crippen molar-refractivity contribution in [3.8, 4) is 0 Å². The smallest absolute Gasteiger partial charge is 0.373 e. The lowest BCUT2D eigenvalue weighted by Crippen LogP contribution is -2.34. The van der Waals surface area contributed by atoms with Crippen molar-refractivity contribution in [3.05, 3.63) is 35.9 Å². The minimum absolute atomic E-state index is 0.0150. The largest absolute Gasteiger partial charge is 0.415 e. The van der Waals surface area contributed by atoms with Crippen LogP contribution in [0.1, 0.15) is 82.0 Å². The van der Waals surface area contributed by atoms with Crippen molar-refractivity contribution >= 4 is 12.1 Å². The van der Waals surface area contributed by atoms with Gasteiger partial charge in [-0.25, -0.2) is 9.59 Å². The molecule has 134 valence electrons. The number of amides is 1. The van der Waals surface area contributed by atoms with Crippen molar-refractivity contribution in [3.63, 3.8) is 0 Å². The van der Waals surface area contributed by atoms with Crippen molar-refractivity contribution in [2.45, 2.75) is 77.7 Å². The van der Waals surface area contributed by atoms with Crippen LogP contribution in [0.25, 0.3) is 0 Å². The van der Waals surface area contributed by atoms with E-state index >= 15 is 0 Å². The van der Waals surface area contributed by atoms with E-state index in [9.17, 15) is 9.59 Å². The lowest BCUT2D eigenvalue weighted by atomic mass is 10.1. The molecule has 4 heteroatoms. The number of hydrogen-bond acceptors (Lipinski definition) is 3. The highest BCUT2D eigenvalue weighted by atomic mass is 16.6. The van der Waals surface area contributed by atoms with Crippen LogP contribution < -0.4 is 5.32 Å². The maximum atomic E-state index is 11.8. The molecule has 1 amide bonds. The number of carbonyl (C=O) groups is 2. The van der Waals surface area contributed by atoms with Gasteiger partial charge in [-0.1, -0.05) is 76.5 Å². The number of benzene rings is 1. The van der Waals surface area contributed by atoms with Gasteiger partial charge < -0.3 is 10.1 Å². The van der Waals surface area contributed by atoms with E-state index < -0.39 is 12.1 Å². The fourth-order valence-electron chi connectivity index (χ4n) is 2.60. The van der Waals surface area contributed by atoms with Gasteiger partial charge in [0.2, 0.25) is 0 Å². The van der Waals surface area contributed by atoms with Gasteiger partial charge in [-0.05, 0) is 25.5 Å². The SMILES string of the molecule is CCCCCCCCCCC(C)NC(=O)OC(=O)c1ccccc1. The van der Waals surface area contributed by atoms with E-state index in [-0.39, 0.29) is 6.04 Å². The van der Waals surface area contributed by atoms with Crippen molar-refractivity contribution in [1.29, 1.82) is 0 Å². The summed E-state index contributed by atoms with van der Waals surface area (Å²) < 4.78 is 4.80. The van der Waals surface area contributed by atoms with Crippen LogP contribution in [0.15, 0.2) is 30.3 Å². The van der Waals surface area contributed by atoms with Crippen molar-refractivity contribution in [1.82, 2.24) is 5.32 Å². The molecule has 1 aromatic carbocycles. The van der Waals surface area contributed by atoms with Crippen molar-refractivity contribution in [2.24, 2.45) is 0 Å². The highest BCUT2D eigenvalue weighted by molar-refractivity contribution is 5.96. The molecule has 1 unspecified atom stereocenters. The Hall–Kier alpha value is -1.84. The van der Waals surface area contributed by atoms with Crippen LogP contribution in [0.4, 0.5) is 4.79 Å². The first-order valence-corrected chi connectivity index (χ1v) is 9.21. The van der Waals surface area contributed by atoms with Gasteiger partial charge in [0.25, 0.3) is 0 Å². The minimum Gasteiger partial charge on any atom is -0.373 e. The van der Waals surface area contributed by atoms with E-state index in [1.807, 2.05) is 13.0 Å². The Kier molecular flexibility index (Phi) is 10.6. The molecule has 0 radical (unpaired) electrons. The standard InChI is InChI=1S/C20H31NO3/c1-3-4-5-6-7-8-9-11-14-17(2)21-20(23)24-19(22)18-15-12-10-13-16-18/h10,12-13,15-17H,3-9,11,14H2,1-2H3,(H,21,23). The highest BCUT2D eigenvalue weighted by Gasteiger charge is 2.14. The highest BCUT2D eigenvalue weighted by Crippen LogP contribution is 2.10. The predicted octanol–water partition coefficient (Wildman–Crippen LogP) is 5.47. The van der Waals surface area contributed by atoms with E-state index in [4.69, 9.17) is 4.74 Å². The van der Waals surface area contributed by atoms with Crippen LogP contribution >= 0.6 is 0 Å². The maximum Gasteiger partial charge on any atom is 0.415 e. The normalized spacial score (nSPS) is 11.8. The summed E-state index contributed by atoms with van der Waals surface area (Å²) in [7, 11) is 0. The van der Waals surface area contributed by atoms with Crippen LogP contribution in [0.5, 0.6) is 0 Å². The number of rotatable bonds is 11. The molecule has 0 bridgehead atoms. The average molecular weight is 333 g/mol. The summed E-state index contributed by atoms with van der Waals surface area (Å²) in [5, 5.41) is 2.72. The molecule has 0 heterocycles. The Labute approximate surface area is 146 Å². The average Bonchev–Trinajstić information content (AvgIpc) is 2.58. The van der Waals surface area contributed by atoms with Gasteiger partial charge in [0.1, 0.15) is 0 Å². The van der Waals surface area contributed by atoms with Gasteiger partial charge in [-0.2, -0.15) is 0 Å². The van der Waals surface area contributed by atoms with E-state index in [1.54, 1.807) is 24.3 Å².